The summed E-state index contributed by atoms with van der Waals surface area (Å²) < 4.78 is 1.62. The van der Waals surface area contributed by atoms with E-state index in [1.54, 1.807) is 16.8 Å². The Morgan fingerprint density at radius 1 is 1.35 bits per heavy atom. The van der Waals surface area contributed by atoms with Crippen molar-refractivity contribution in [1.29, 1.82) is 0 Å². The highest BCUT2D eigenvalue weighted by Crippen LogP contribution is 1.84. The van der Waals surface area contributed by atoms with Gasteiger partial charge in [0.05, 0.1) is 0 Å². The summed E-state index contributed by atoms with van der Waals surface area (Å²) in [6.45, 7) is 9.97. The summed E-state index contributed by atoms with van der Waals surface area (Å²) in [5.74, 6) is 0. The van der Waals surface area contributed by atoms with E-state index in [1.165, 1.54) is 6.20 Å². The van der Waals surface area contributed by atoms with Crippen molar-refractivity contribution in [3.63, 3.8) is 0 Å². The number of hydrogen-bond donors (Lipinski definition) is 1. The summed E-state index contributed by atoms with van der Waals surface area (Å²) in [7, 11) is 0. The molecule has 0 aliphatic heterocycles. The topological polar surface area (TPSA) is 50.2 Å². The van der Waals surface area contributed by atoms with Gasteiger partial charge in [-0.1, -0.05) is 13.8 Å². The van der Waals surface area contributed by atoms with Crippen LogP contribution in [0.5, 0.6) is 0 Å². The van der Waals surface area contributed by atoms with E-state index in [-0.39, 0.29) is 5.69 Å². The fourth-order valence-corrected chi connectivity index (χ4v) is 1.66. The molecule has 0 fully saturated rings. The minimum absolute atomic E-state index is 0.182. The first-order chi connectivity index (χ1) is 8.27. The minimum atomic E-state index is -0.182. The fraction of sp³-hybridized carbons (Fsp3) is 0.667. The van der Waals surface area contributed by atoms with Crippen LogP contribution in [0.25, 0.3) is 0 Å². The number of nitrogens with zero attached hydrogens (tertiary/aromatic N) is 3. The Bertz CT molecular complexity index is 360. The van der Waals surface area contributed by atoms with Crippen molar-refractivity contribution < 1.29 is 0 Å². The Labute approximate surface area is 102 Å². The first-order valence-corrected chi connectivity index (χ1v) is 6.22. The molecular weight excluding hydrogens is 216 g/mol. The van der Waals surface area contributed by atoms with Crippen LogP contribution in [0.3, 0.4) is 0 Å². The van der Waals surface area contributed by atoms with Gasteiger partial charge in [0.2, 0.25) is 0 Å². The molecule has 0 aliphatic carbocycles. The number of nitrogens with one attached hydrogen (secondary N) is 1. The van der Waals surface area contributed by atoms with E-state index in [2.05, 4.69) is 29.0 Å². The molecule has 0 aliphatic rings. The van der Waals surface area contributed by atoms with Crippen molar-refractivity contribution in [2.75, 3.05) is 32.7 Å². The van der Waals surface area contributed by atoms with Crippen LogP contribution in [0.15, 0.2) is 23.3 Å². The molecule has 0 aromatic carbocycles. The molecule has 5 heteroatoms. The molecule has 1 N–H and O–H groups in total. The van der Waals surface area contributed by atoms with Crippen LogP contribution < -0.4 is 11.0 Å². The molecular formula is C12H22N4O. The quantitative estimate of drug-likeness (QED) is 0.656. The number of likely N-dealkylation sites (N-methyl/N-ethyl adjacent to an activating group) is 1. The Hall–Kier alpha value is -1.20. The van der Waals surface area contributed by atoms with Gasteiger partial charge in [-0.25, -0.2) is 9.78 Å². The summed E-state index contributed by atoms with van der Waals surface area (Å²) in [6.07, 6.45) is 3.29. The van der Waals surface area contributed by atoms with Crippen LogP contribution in [0, 0.1) is 0 Å². The molecule has 5 nitrogen and oxygen atoms in total. The first kappa shape index (κ1) is 13.9. The Morgan fingerprint density at radius 3 is 2.76 bits per heavy atom. The van der Waals surface area contributed by atoms with Crippen LogP contribution in [-0.2, 0) is 6.54 Å². The molecule has 0 radical (unpaired) electrons. The molecule has 0 saturated heterocycles. The number of hydrogen-bond acceptors (Lipinski definition) is 4. The number of aromatic nitrogens is 2. The first-order valence-electron chi connectivity index (χ1n) is 6.22. The van der Waals surface area contributed by atoms with Gasteiger partial charge in [-0.05, 0) is 19.2 Å². The summed E-state index contributed by atoms with van der Waals surface area (Å²) in [6, 6.07) is 1.78. The Kier molecular flexibility index (Phi) is 6.50. The molecule has 0 amide bonds. The van der Waals surface area contributed by atoms with Gasteiger partial charge in [-0.3, -0.25) is 4.57 Å². The standard InChI is InChI=1S/C12H22N4O/c1-3-15(4-2)10-7-13-8-11-16-9-5-6-14-12(16)17/h5-6,9,13H,3-4,7-8,10-11H2,1-2H3. The van der Waals surface area contributed by atoms with E-state index in [0.29, 0.717) is 6.54 Å². The average Bonchev–Trinajstić information content (AvgIpc) is 2.36. The van der Waals surface area contributed by atoms with Crippen LogP contribution in [0.1, 0.15) is 13.8 Å². The summed E-state index contributed by atoms with van der Waals surface area (Å²) in [4.78, 5) is 17.4. The lowest BCUT2D eigenvalue weighted by atomic mass is 10.4. The van der Waals surface area contributed by atoms with Gasteiger partial charge in [0.15, 0.2) is 0 Å². The average molecular weight is 238 g/mol. The van der Waals surface area contributed by atoms with Gasteiger partial charge >= 0.3 is 5.69 Å². The predicted octanol–water partition coefficient (Wildman–Crippen LogP) is 0.175. The normalized spacial score (nSPS) is 11.0. The van der Waals surface area contributed by atoms with Gasteiger partial charge in [-0.2, -0.15) is 0 Å². The Balaban J connectivity index is 2.17. The van der Waals surface area contributed by atoms with Crippen molar-refractivity contribution in [2.24, 2.45) is 0 Å². The molecule has 1 rings (SSSR count). The second-order valence-electron chi connectivity index (χ2n) is 3.87. The summed E-state index contributed by atoms with van der Waals surface area (Å²) in [5, 5.41) is 3.33. The van der Waals surface area contributed by atoms with E-state index in [1.807, 2.05) is 0 Å². The van der Waals surface area contributed by atoms with Gasteiger partial charge in [-0.15, -0.1) is 0 Å². The van der Waals surface area contributed by atoms with Crippen LogP contribution >= 0.6 is 0 Å². The zero-order chi connectivity index (χ0) is 12.5. The van der Waals surface area contributed by atoms with Gasteiger partial charge in [0, 0.05) is 38.6 Å². The molecule has 96 valence electrons. The second-order valence-corrected chi connectivity index (χ2v) is 3.87. The molecule has 17 heavy (non-hydrogen) atoms. The zero-order valence-electron chi connectivity index (χ0n) is 10.7. The maximum Gasteiger partial charge on any atom is 0.347 e. The van der Waals surface area contributed by atoms with E-state index < -0.39 is 0 Å². The highest BCUT2D eigenvalue weighted by Gasteiger charge is 1.98. The summed E-state index contributed by atoms with van der Waals surface area (Å²) >= 11 is 0. The van der Waals surface area contributed by atoms with E-state index in [0.717, 1.165) is 32.7 Å². The lowest BCUT2D eigenvalue weighted by Crippen LogP contribution is -2.34. The van der Waals surface area contributed by atoms with Crippen molar-refractivity contribution >= 4 is 0 Å². The SMILES string of the molecule is CCN(CC)CCNCCn1cccnc1=O. The minimum Gasteiger partial charge on any atom is -0.314 e. The highest BCUT2D eigenvalue weighted by molar-refractivity contribution is 4.80. The monoisotopic (exact) mass is 238 g/mol. The van der Waals surface area contributed by atoms with E-state index in [9.17, 15) is 4.79 Å². The molecule has 1 aromatic rings. The molecule has 0 atom stereocenters. The summed E-state index contributed by atoms with van der Waals surface area (Å²) in [5.41, 5.74) is -0.182. The molecule has 1 heterocycles. The molecule has 0 saturated carbocycles. The molecule has 0 spiro atoms. The predicted molar refractivity (Wildman–Crippen MR) is 69.2 cm³/mol. The van der Waals surface area contributed by atoms with Crippen LogP contribution in [0.2, 0.25) is 0 Å². The maximum atomic E-state index is 11.3. The van der Waals surface area contributed by atoms with Crippen LogP contribution in [0.4, 0.5) is 0 Å². The third kappa shape index (κ3) is 5.10. The lowest BCUT2D eigenvalue weighted by Gasteiger charge is -2.18. The third-order valence-electron chi connectivity index (χ3n) is 2.81. The smallest absolute Gasteiger partial charge is 0.314 e. The number of rotatable bonds is 8. The molecule has 1 aromatic heterocycles. The van der Waals surface area contributed by atoms with Crippen molar-refractivity contribution in [3.8, 4) is 0 Å². The van der Waals surface area contributed by atoms with Crippen molar-refractivity contribution in [2.45, 2.75) is 20.4 Å². The largest absolute Gasteiger partial charge is 0.347 e. The van der Waals surface area contributed by atoms with Crippen molar-refractivity contribution in [1.82, 2.24) is 19.8 Å². The highest BCUT2D eigenvalue weighted by atomic mass is 16.1. The molecule has 0 unspecified atom stereocenters. The van der Waals surface area contributed by atoms with Gasteiger partial charge in [0.25, 0.3) is 0 Å². The van der Waals surface area contributed by atoms with Gasteiger partial charge in [0.1, 0.15) is 0 Å². The van der Waals surface area contributed by atoms with E-state index in [4.69, 9.17) is 0 Å². The van der Waals surface area contributed by atoms with Crippen molar-refractivity contribution in [3.05, 3.63) is 28.9 Å². The molecule has 0 bridgehead atoms. The van der Waals surface area contributed by atoms with E-state index >= 15 is 0 Å². The maximum absolute atomic E-state index is 11.3. The Morgan fingerprint density at radius 2 is 2.12 bits per heavy atom. The third-order valence-corrected chi connectivity index (χ3v) is 2.81. The van der Waals surface area contributed by atoms with Crippen LogP contribution in [-0.4, -0.2) is 47.2 Å². The van der Waals surface area contributed by atoms with Gasteiger partial charge < -0.3 is 10.2 Å². The lowest BCUT2D eigenvalue weighted by molar-refractivity contribution is 0.301. The second kappa shape index (κ2) is 7.97. The zero-order valence-corrected chi connectivity index (χ0v) is 10.7. The fourth-order valence-electron chi connectivity index (χ4n) is 1.66.